The number of hydrogen-bond acceptors (Lipinski definition) is 4. The van der Waals surface area contributed by atoms with Crippen molar-refractivity contribution in [3.8, 4) is 0 Å². The fourth-order valence-electron chi connectivity index (χ4n) is 1.47. The first kappa shape index (κ1) is 14.4. The molecule has 0 aliphatic carbocycles. The lowest BCUT2D eigenvalue weighted by atomic mass is 10.1. The molecule has 0 aromatic heterocycles. The van der Waals surface area contributed by atoms with E-state index in [9.17, 15) is 18.8 Å². The van der Waals surface area contributed by atoms with Crippen molar-refractivity contribution in [3.63, 3.8) is 0 Å². The van der Waals surface area contributed by atoms with Crippen LogP contribution in [0.3, 0.4) is 0 Å². The molecule has 1 rings (SSSR count). The van der Waals surface area contributed by atoms with Gasteiger partial charge in [-0.05, 0) is 12.1 Å². The first-order chi connectivity index (χ1) is 8.82. The molecule has 0 heterocycles. The van der Waals surface area contributed by atoms with Gasteiger partial charge in [0.1, 0.15) is 18.9 Å². The Morgan fingerprint density at radius 2 is 1.63 bits per heavy atom. The second-order valence-corrected chi connectivity index (χ2v) is 3.79. The maximum absolute atomic E-state index is 13.2. The first-order valence-electron chi connectivity index (χ1n) is 5.22. The summed E-state index contributed by atoms with van der Waals surface area (Å²) in [6.45, 7) is -1.03. The highest BCUT2D eigenvalue weighted by molar-refractivity contribution is 6.02. The minimum atomic E-state index is -0.829. The van der Waals surface area contributed by atoms with Crippen LogP contribution in [-0.4, -0.2) is 35.7 Å². The molecule has 8 heteroatoms. The van der Waals surface area contributed by atoms with Gasteiger partial charge in [0.25, 0.3) is 5.91 Å². The maximum Gasteiger partial charge on any atom is 0.256 e. The zero-order valence-electron chi connectivity index (χ0n) is 9.93. The zero-order valence-corrected chi connectivity index (χ0v) is 9.93. The number of carbonyl (C=O) groups is 3. The molecule has 1 aromatic carbocycles. The predicted molar refractivity (Wildman–Crippen MR) is 65.1 cm³/mol. The summed E-state index contributed by atoms with van der Waals surface area (Å²) in [5.41, 5.74) is 14.8. The number of halogens is 1. The Labute approximate surface area is 108 Å². The van der Waals surface area contributed by atoms with Gasteiger partial charge in [-0.1, -0.05) is 6.07 Å². The number of para-hydroxylation sites is 1. The molecule has 0 saturated carbocycles. The van der Waals surface area contributed by atoms with Crippen LogP contribution in [0, 0.1) is 5.82 Å². The minimum absolute atomic E-state index is 0.164. The van der Waals surface area contributed by atoms with Crippen LogP contribution < -0.4 is 17.2 Å². The van der Waals surface area contributed by atoms with Gasteiger partial charge in [0.05, 0.1) is 11.3 Å². The topological polar surface area (TPSA) is 133 Å². The number of carbonyl (C=O) groups excluding carboxylic acids is 3. The largest absolute Gasteiger partial charge is 0.396 e. The van der Waals surface area contributed by atoms with E-state index in [1.165, 1.54) is 12.1 Å². The Balaban J connectivity index is 3.07. The fourth-order valence-corrected chi connectivity index (χ4v) is 1.47. The minimum Gasteiger partial charge on any atom is -0.396 e. The van der Waals surface area contributed by atoms with Crippen LogP contribution in [-0.2, 0) is 9.59 Å². The van der Waals surface area contributed by atoms with Gasteiger partial charge < -0.3 is 22.1 Å². The lowest BCUT2D eigenvalue weighted by Gasteiger charge is -2.20. The van der Waals surface area contributed by atoms with E-state index in [0.29, 0.717) is 0 Å². The molecule has 0 fully saturated rings. The lowest BCUT2D eigenvalue weighted by Crippen LogP contribution is -2.43. The third kappa shape index (κ3) is 3.66. The summed E-state index contributed by atoms with van der Waals surface area (Å²) in [4.78, 5) is 34.6. The third-order valence-electron chi connectivity index (χ3n) is 2.26. The van der Waals surface area contributed by atoms with Crippen molar-refractivity contribution >= 4 is 23.4 Å². The molecule has 7 nitrogen and oxygen atoms in total. The van der Waals surface area contributed by atoms with Crippen LogP contribution in [0.1, 0.15) is 10.4 Å². The van der Waals surface area contributed by atoms with Gasteiger partial charge in [0, 0.05) is 0 Å². The van der Waals surface area contributed by atoms with Gasteiger partial charge in [0.2, 0.25) is 11.8 Å². The Morgan fingerprint density at radius 3 is 2.11 bits per heavy atom. The van der Waals surface area contributed by atoms with Gasteiger partial charge >= 0.3 is 0 Å². The average Bonchev–Trinajstić information content (AvgIpc) is 2.30. The second-order valence-electron chi connectivity index (χ2n) is 3.79. The number of hydrogen-bond donors (Lipinski definition) is 3. The Bertz CT molecular complexity index is 517. The number of nitrogens with zero attached hydrogens (tertiary/aromatic N) is 1. The number of anilines is 1. The summed E-state index contributed by atoms with van der Waals surface area (Å²) < 4.78 is 13.2. The van der Waals surface area contributed by atoms with Gasteiger partial charge in [0.15, 0.2) is 0 Å². The van der Waals surface area contributed by atoms with E-state index in [2.05, 4.69) is 0 Å². The molecule has 19 heavy (non-hydrogen) atoms. The molecule has 0 atom stereocenters. The lowest BCUT2D eigenvalue weighted by molar-refractivity contribution is -0.121. The molecule has 1 aromatic rings. The first-order valence-corrected chi connectivity index (χ1v) is 5.22. The molecule has 0 unspecified atom stereocenters. The van der Waals surface area contributed by atoms with Crippen LogP contribution in [0.15, 0.2) is 18.2 Å². The number of benzene rings is 1. The number of nitrogens with two attached hydrogens (primary N) is 3. The molecule has 0 aliphatic rings. The van der Waals surface area contributed by atoms with Crippen molar-refractivity contribution in [2.24, 2.45) is 11.5 Å². The van der Waals surface area contributed by atoms with Crippen LogP contribution in [0.5, 0.6) is 0 Å². The van der Waals surface area contributed by atoms with E-state index in [1.54, 1.807) is 0 Å². The van der Waals surface area contributed by atoms with Crippen LogP contribution in [0.4, 0.5) is 10.1 Å². The highest BCUT2D eigenvalue weighted by Gasteiger charge is 2.22. The zero-order chi connectivity index (χ0) is 14.6. The van der Waals surface area contributed by atoms with E-state index >= 15 is 0 Å². The molecule has 0 radical (unpaired) electrons. The molecule has 102 valence electrons. The fraction of sp³-hybridized carbons (Fsp3) is 0.182. The van der Waals surface area contributed by atoms with Crippen molar-refractivity contribution in [1.29, 1.82) is 0 Å². The summed E-state index contributed by atoms with van der Waals surface area (Å²) in [6.07, 6.45) is 0. The number of amides is 3. The predicted octanol–water partition coefficient (Wildman–Crippen LogP) is -1.18. The van der Waals surface area contributed by atoms with Crippen molar-refractivity contribution in [3.05, 3.63) is 29.6 Å². The quantitative estimate of drug-likeness (QED) is 0.580. The standard InChI is InChI=1S/C11H13FN4O3/c12-7-3-1-2-6(10(7)15)11(19)16(4-8(13)17)5-9(14)18/h1-3H,4-5,15H2,(H2,13,17)(H2,14,18). The summed E-state index contributed by atoms with van der Waals surface area (Å²) in [5.74, 6) is -3.23. The summed E-state index contributed by atoms with van der Waals surface area (Å²) >= 11 is 0. The number of rotatable bonds is 5. The summed E-state index contributed by atoms with van der Waals surface area (Å²) in [5, 5.41) is 0. The van der Waals surface area contributed by atoms with E-state index in [0.717, 1.165) is 11.0 Å². The highest BCUT2D eigenvalue weighted by Crippen LogP contribution is 2.17. The van der Waals surface area contributed by atoms with Crippen LogP contribution in [0.25, 0.3) is 0 Å². The molecular formula is C11H13FN4O3. The highest BCUT2D eigenvalue weighted by atomic mass is 19.1. The molecule has 6 N–H and O–H groups in total. The molecule has 0 bridgehead atoms. The van der Waals surface area contributed by atoms with Crippen molar-refractivity contribution in [2.45, 2.75) is 0 Å². The average molecular weight is 268 g/mol. The Morgan fingerprint density at radius 1 is 1.11 bits per heavy atom. The van der Waals surface area contributed by atoms with Gasteiger partial charge in [-0.3, -0.25) is 14.4 Å². The second kappa shape index (κ2) is 5.80. The van der Waals surface area contributed by atoms with Gasteiger partial charge in [-0.15, -0.1) is 0 Å². The Kier molecular flexibility index (Phi) is 4.41. The SMILES string of the molecule is NC(=O)CN(CC(N)=O)C(=O)c1cccc(F)c1N. The molecule has 0 spiro atoms. The number of primary amides is 2. The molecule has 0 saturated heterocycles. The third-order valence-corrected chi connectivity index (χ3v) is 2.26. The summed E-state index contributed by atoms with van der Waals surface area (Å²) in [7, 11) is 0. The van der Waals surface area contributed by atoms with Crippen LogP contribution >= 0.6 is 0 Å². The van der Waals surface area contributed by atoms with E-state index < -0.39 is 36.6 Å². The van der Waals surface area contributed by atoms with Crippen LogP contribution in [0.2, 0.25) is 0 Å². The maximum atomic E-state index is 13.2. The monoisotopic (exact) mass is 268 g/mol. The van der Waals surface area contributed by atoms with E-state index in [1.807, 2.05) is 0 Å². The Hall–Kier alpha value is -2.64. The molecule has 3 amide bonds. The molecular weight excluding hydrogens is 255 g/mol. The van der Waals surface area contributed by atoms with Gasteiger partial charge in [-0.2, -0.15) is 0 Å². The smallest absolute Gasteiger partial charge is 0.256 e. The molecule has 0 aliphatic heterocycles. The summed E-state index contributed by atoms with van der Waals surface area (Å²) in [6, 6.07) is 3.64. The van der Waals surface area contributed by atoms with Crippen molar-refractivity contribution in [1.82, 2.24) is 4.90 Å². The number of nitrogen functional groups attached to an aromatic ring is 1. The normalized spacial score (nSPS) is 9.95. The van der Waals surface area contributed by atoms with Crippen molar-refractivity contribution in [2.75, 3.05) is 18.8 Å². The van der Waals surface area contributed by atoms with Gasteiger partial charge in [-0.25, -0.2) is 4.39 Å². The van der Waals surface area contributed by atoms with E-state index in [4.69, 9.17) is 17.2 Å². The van der Waals surface area contributed by atoms with E-state index in [-0.39, 0.29) is 11.3 Å². The van der Waals surface area contributed by atoms with Crippen molar-refractivity contribution < 1.29 is 18.8 Å².